The summed E-state index contributed by atoms with van der Waals surface area (Å²) in [5.41, 5.74) is 1.96. The van der Waals surface area contributed by atoms with Crippen LogP contribution in [0.4, 0.5) is 10.1 Å². The van der Waals surface area contributed by atoms with E-state index in [9.17, 15) is 19.3 Å². The molecule has 1 amide bonds. The first-order valence-electron chi connectivity index (χ1n) is 9.96. The summed E-state index contributed by atoms with van der Waals surface area (Å²) in [6, 6.07) is 10.4. The Balaban J connectivity index is 1.43. The molecule has 0 N–H and O–H groups in total. The topological polar surface area (TPSA) is 97.4 Å². The molecule has 11 heteroatoms. The van der Waals surface area contributed by atoms with Crippen molar-refractivity contribution in [2.45, 2.75) is 13.5 Å². The van der Waals surface area contributed by atoms with E-state index in [1.807, 2.05) is 0 Å². The minimum absolute atomic E-state index is 0.0670. The predicted molar refractivity (Wildman–Crippen MR) is 115 cm³/mol. The molecule has 1 aliphatic rings. The van der Waals surface area contributed by atoms with Gasteiger partial charge in [0.25, 0.3) is 11.6 Å². The Labute approximate surface area is 188 Å². The van der Waals surface area contributed by atoms with Crippen molar-refractivity contribution in [3.63, 3.8) is 0 Å². The molecule has 9 nitrogen and oxygen atoms in total. The van der Waals surface area contributed by atoms with Crippen molar-refractivity contribution < 1.29 is 14.1 Å². The van der Waals surface area contributed by atoms with E-state index in [2.05, 4.69) is 15.2 Å². The van der Waals surface area contributed by atoms with E-state index in [-0.39, 0.29) is 23.1 Å². The monoisotopic (exact) mass is 458 g/mol. The van der Waals surface area contributed by atoms with Crippen molar-refractivity contribution in [3.8, 4) is 5.69 Å². The number of halogens is 2. The van der Waals surface area contributed by atoms with Crippen LogP contribution in [0.1, 0.15) is 21.7 Å². The van der Waals surface area contributed by atoms with Gasteiger partial charge in [0.2, 0.25) is 0 Å². The second-order valence-corrected chi connectivity index (χ2v) is 7.92. The fourth-order valence-electron chi connectivity index (χ4n) is 3.66. The summed E-state index contributed by atoms with van der Waals surface area (Å²) < 4.78 is 14.7. The first-order valence-corrected chi connectivity index (χ1v) is 10.3. The number of carbonyl (C=O) groups is 1. The van der Waals surface area contributed by atoms with Gasteiger partial charge in [0.15, 0.2) is 5.69 Å². The lowest BCUT2D eigenvalue weighted by molar-refractivity contribution is -0.384. The number of hydrogen-bond acceptors (Lipinski definition) is 6. The highest BCUT2D eigenvalue weighted by Crippen LogP contribution is 2.21. The molecule has 2 heterocycles. The largest absolute Gasteiger partial charge is 0.335 e. The van der Waals surface area contributed by atoms with E-state index in [1.54, 1.807) is 30.0 Å². The van der Waals surface area contributed by atoms with Crippen LogP contribution >= 0.6 is 11.6 Å². The normalized spacial score (nSPS) is 14.5. The molecule has 0 saturated carbocycles. The molecule has 0 bridgehead atoms. The van der Waals surface area contributed by atoms with E-state index in [0.717, 1.165) is 5.56 Å². The molecular weight excluding hydrogens is 439 g/mol. The maximum absolute atomic E-state index is 13.2. The molecule has 3 aromatic rings. The summed E-state index contributed by atoms with van der Waals surface area (Å²) in [6.07, 6.45) is 0. The zero-order valence-corrected chi connectivity index (χ0v) is 18.0. The minimum atomic E-state index is -0.486. The van der Waals surface area contributed by atoms with Gasteiger partial charge in [0.05, 0.1) is 16.3 Å². The van der Waals surface area contributed by atoms with Gasteiger partial charge in [0.1, 0.15) is 5.82 Å². The Bertz CT molecular complexity index is 1180. The highest BCUT2D eigenvalue weighted by atomic mass is 35.5. The van der Waals surface area contributed by atoms with Gasteiger partial charge >= 0.3 is 0 Å². The van der Waals surface area contributed by atoms with Gasteiger partial charge < -0.3 is 4.90 Å². The number of nitro groups is 1. The van der Waals surface area contributed by atoms with E-state index >= 15 is 0 Å². The lowest BCUT2D eigenvalue weighted by atomic mass is 10.2. The Morgan fingerprint density at radius 3 is 2.62 bits per heavy atom. The molecular formula is C21H20ClFN6O3. The summed E-state index contributed by atoms with van der Waals surface area (Å²) in [7, 11) is 0. The van der Waals surface area contributed by atoms with E-state index < -0.39 is 4.92 Å². The van der Waals surface area contributed by atoms with Gasteiger partial charge in [0, 0.05) is 49.9 Å². The predicted octanol–water partition coefficient (Wildman–Crippen LogP) is 3.23. The van der Waals surface area contributed by atoms with Crippen molar-refractivity contribution >= 4 is 23.2 Å². The second-order valence-electron chi connectivity index (χ2n) is 7.52. The molecule has 0 aliphatic carbocycles. The molecule has 166 valence electrons. The van der Waals surface area contributed by atoms with Crippen LogP contribution in [0, 0.1) is 22.9 Å². The zero-order chi connectivity index (χ0) is 22.8. The van der Waals surface area contributed by atoms with E-state index in [0.29, 0.717) is 49.1 Å². The average Bonchev–Trinajstić information content (AvgIpc) is 3.17. The van der Waals surface area contributed by atoms with E-state index in [4.69, 9.17) is 11.6 Å². The van der Waals surface area contributed by atoms with Crippen molar-refractivity contribution in [2.75, 3.05) is 26.2 Å². The standard InChI is InChI=1S/C21H20ClFN6O3/c1-14-20(24-25-28(14)17-3-2-4-18(12-17)29(31)32)21(30)27-9-7-26(8-10-27)13-15-5-6-16(23)11-19(15)22/h2-6,11-12H,7-10,13H2,1H3. The highest BCUT2D eigenvalue weighted by Gasteiger charge is 2.27. The molecule has 1 saturated heterocycles. The molecule has 0 unspecified atom stereocenters. The van der Waals surface area contributed by atoms with Gasteiger partial charge in [-0.25, -0.2) is 9.07 Å². The van der Waals surface area contributed by atoms with Crippen molar-refractivity contribution in [1.29, 1.82) is 0 Å². The Morgan fingerprint density at radius 1 is 1.19 bits per heavy atom. The second kappa shape index (κ2) is 9.01. The summed E-state index contributed by atoms with van der Waals surface area (Å²) >= 11 is 6.12. The quantitative estimate of drug-likeness (QED) is 0.430. The number of piperazine rings is 1. The molecule has 0 atom stereocenters. The van der Waals surface area contributed by atoms with Crippen LogP contribution in [0.5, 0.6) is 0 Å². The fourth-order valence-corrected chi connectivity index (χ4v) is 3.89. The number of hydrogen-bond donors (Lipinski definition) is 0. The molecule has 0 spiro atoms. The van der Waals surface area contributed by atoms with Gasteiger partial charge in [-0.3, -0.25) is 19.8 Å². The first kappa shape index (κ1) is 21.8. The summed E-state index contributed by atoms with van der Waals surface area (Å²) in [6.45, 7) is 4.55. The number of carbonyl (C=O) groups excluding carboxylic acids is 1. The number of amides is 1. The van der Waals surface area contributed by atoms with Crippen LogP contribution in [0.3, 0.4) is 0 Å². The maximum Gasteiger partial charge on any atom is 0.276 e. The lowest BCUT2D eigenvalue weighted by Gasteiger charge is -2.34. The number of nitrogens with zero attached hydrogens (tertiary/aromatic N) is 6. The summed E-state index contributed by atoms with van der Waals surface area (Å²) in [4.78, 5) is 27.4. The van der Waals surface area contributed by atoms with Crippen LogP contribution in [0.25, 0.3) is 5.69 Å². The third kappa shape index (κ3) is 4.46. The van der Waals surface area contributed by atoms with Gasteiger partial charge in [-0.15, -0.1) is 5.10 Å². The van der Waals surface area contributed by atoms with Crippen LogP contribution in [0.15, 0.2) is 42.5 Å². The number of benzene rings is 2. The first-order chi connectivity index (χ1) is 15.3. The Morgan fingerprint density at radius 2 is 1.94 bits per heavy atom. The van der Waals surface area contributed by atoms with Crippen LogP contribution in [0.2, 0.25) is 5.02 Å². The Hall–Kier alpha value is -3.37. The zero-order valence-electron chi connectivity index (χ0n) is 17.2. The number of nitro benzene ring substituents is 1. The van der Waals surface area contributed by atoms with Gasteiger partial charge in [-0.2, -0.15) is 0 Å². The van der Waals surface area contributed by atoms with Crippen LogP contribution in [-0.4, -0.2) is 61.8 Å². The molecule has 1 fully saturated rings. The molecule has 1 aliphatic heterocycles. The molecule has 0 radical (unpaired) electrons. The van der Waals surface area contributed by atoms with Crippen LogP contribution in [-0.2, 0) is 6.54 Å². The number of rotatable bonds is 5. The average molecular weight is 459 g/mol. The SMILES string of the molecule is Cc1c(C(=O)N2CCN(Cc3ccc(F)cc3Cl)CC2)nnn1-c1cccc([N+](=O)[O-])c1. The van der Waals surface area contributed by atoms with E-state index in [1.165, 1.54) is 28.9 Å². The van der Waals surface area contributed by atoms with Crippen molar-refractivity contribution in [2.24, 2.45) is 0 Å². The molecule has 32 heavy (non-hydrogen) atoms. The minimum Gasteiger partial charge on any atom is -0.335 e. The highest BCUT2D eigenvalue weighted by molar-refractivity contribution is 6.31. The summed E-state index contributed by atoms with van der Waals surface area (Å²) in [5.74, 6) is -0.610. The smallest absolute Gasteiger partial charge is 0.276 e. The third-order valence-electron chi connectivity index (χ3n) is 5.45. The third-order valence-corrected chi connectivity index (χ3v) is 5.80. The molecule has 2 aromatic carbocycles. The fraction of sp³-hybridized carbons (Fsp3) is 0.286. The maximum atomic E-state index is 13.2. The van der Waals surface area contributed by atoms with Crippen LogP contribution < -0.4 is 0 Å². The van der Waals surface area contributed by atoms with Gasteiger partial charge in [-0.05, 0) is 30.7 Å². The summed E-state index contributed by atoms with van der Waals surface area (Å²) in [5, 5.41) is 19.5. The Kier molecular flexibility index (Phi) is 6.15. The van der Waals surface area contributed by atoms with Crippen molar-refractivity contribution in [1.82, 2.24) is 24.8 Å². The number of non-ortho nitro benzene ring substituents is 1. The lowest BCUT2D eigenvalue weighted by Crippen LogP contribution is -2.48. The molecule has 1 aromatic heterocycles. The van der Waals surface area contributed by atoms with Gasteiger partial charge in [-0.1, -0.05) is 28.9 Å². The molecule has 4 rings (SSSR count). The number of aromatic nitrogens is 3. The van der Waals surface area contributed by atoms with Crippen molar-refractivity contribution in [3.05, 3.63) is 80.4 Å².